The molecule has 1 aliphatic heterocycles. The molecule has 2 aromatic rings. The number of hydrogen-bond acceptors (Lipinski definition) is 5. The van der Waals surface area contributed by atoms with Crippen molar-refractivity contribution in [3.8, 4) is 11.5 Å². The lowest BCUT2D eigenvalue weighted by molar-refractivity contribution is -0.115. The fourth-order valence-electron chi connectivity index (χ4n) is 2.41. The normalized spacial score (nSPS) is 17.6. The minimum absolute atomic E-state index is 0.0922. The van der Waals surface area contributed by atoms with Gasteiger partial charge in [-0.3, -0.25) is 4.79 Å². The highest BCUT2D eigenvalue weighted by Gasteiger charge is 2.24. The van der Waals surface area contributed by atoms with Crippen LogP contribution in [0.5, 0.6) is 11.5 Å². The van der Waals surface area contributed by atoms with Crippen molar-refractivity contribution in [1.29, 1.82) is 0 Å². The fourth-order valence-corrected chi connectivity index (χ4v) is 3.48. The lowest BCUT2D eigenvalue weighted by Gasteiger charge is -2.14. The molecule has 28 heavy (non-hydrogen) atoms. The van der Waals surface area contributed by atoms with Crippen LogP contribution in [0.3, 0.4) is 0 Å². The summed E-state index contributed by atoms with van der Waals surface area (Å²) in [6, 6.07) is 12.8. The summed E-state index contributed by atoms with van der Waals surface area (Å²) < 4.78 is 10.9. The van der Waals surface area contributed by atoms with E-state index in [0.717, 1.165) is 23.4 Å². The molecule has 3 rings (SSSR count). The highest BCUT2D eigenvalue weighted by atomic mass is 35.5. The summed E-state index contributed by atoms with van der Waals surface area (Å²) in [4.78, 5) is 17.3. The SMILES string of the molecule is CC[C@@H](C)Oc1ccc(/C=C2/SC(=Nc3ccc(OC)cc3)NC2=O)cc1Cl. The number of amides is 1. The van der Waals surface area contributed by atoms with Crippen molar-refractivity contribution in [1.82, 2.24) is 5.32 Å². The quantitative estimate of drug-likeness (QED) is 0.639. The number of nitrogens with zero attached hydrogens (tertiary/aromatic N) is 1. The summed E-state index contributed by atoms with van der Waals surface area (Å²) in [6.07, 6.45) is 2.78. The van der Waals surface area contributed by atoms with Crippen LogP contribution in [-0.2, 0) is 4.79 Å². The highest BCUT2D eigenvalue weighted by Crippen LogP contribution is 2.31. The zero-order valence-corrected chi connectivity index (χ0v) is 17.4. The number of benzene rings is 2. The van der Waals surface area contributed by atoms with Crippen LogP contribution in [0.15, 0.2) is 52.4 Å². The number of ether oxygens (including phenoxy) is 2. The Bertz CT molecular complexity index is 926. The molecule has 1 fully saturated rings. The van der Waals surface area contributed by atoms with Gasteiger partial charge in [0.25, 0.3) is 5.91 Å². The molecule has 1 saturated heterocycles. The van der Waals surface area contributed by atoms with Crippen molar-refractivity contribution in [2.75, 3.05) is 7.11 Å². The van der Waals surface area contributed by atoms with Crippen molar-refractivity contribution in [2.45, 2.75) is 26.4 Å². The molecule has 0 aliphatic carbocycles. The maximum Gasteiger partial charge on any atom is 0.264 e. The molecule has 1 heterocycles. The Morgan fingerprint density at radius 2 is 2.00 bits per heavy atom. The number of halogens is 1. The third-order valence-corrected chi connectivity index (χ3v) is 5.32. The van der Waals surface area contributed by atoms with E-state index >= 15 is 0 Å². The van der Waals surface area contributed by atoms with Crippen molar-refractivity contribution in [2.24, 2.45) is 4.99 Å². The minimum atomic E-state index is -0.187. The third-order valence-electron chi connectivity index (χ3n) is 4.11. The largest absolute Gasteiger partial charge is 0.497 e. The maximum absolute atomic E-state index is 12.3. The van der Waals surface area contributed by atoms with Crippen molar-refractivity contribution >= 4 is 46.2 Å². The van der Waals surface area contributed by atoms with E-state index in [0.29, 0.717) is 20.8 Å². The van der Waals surface area contributed by atoms with Crippen LogP contribution < -0.4 is 14.8 Å². The van der Waals surface area contributed by atoms with Gasteiger partial charge in [0.15, 0.2) is 5.17 Å². The van der Waals surface area contributed by atoms with Crippen LogP contribution in [0.2, 0.25) is 5.02 Å². The Kier molecular flexibility index (Phi) is 6.65. The van der Waals surface area contributed by atoms with Crippen molar-refractivity contribution in [3.05, 3.63) is 58.0 Å². The molecule has 1 aliphatic rings. The van der Waals surface area contributed by atoms with Crippen molar-refractivity contribution in [3.63, 3.8) is 0 Å². The lowest BCUT2D eigenvalue weighted by Crippen LogP contribution is -2.19. The second-order valence-electron chi connectivity index (χ2n) is 6.21. The van der Waals surface area contributed by atoms with Crippen LogP contribution >= 0.6 is 23.4 Å². The first-order valence-electron chi connectivity index (χ1n) is 8.88. The van der Waals surface area contributed by atoms with Crippen LogP contribution in [-0.4, -0.2) is 24.3 Å². The van der Waals surface area contributed by atoms with E-state index in [-0.39, 0.29) is 12.0 Å². The number of rotatable bonds is 6. The Balaban J connectivity index is 1.74. The summed E-state index contributed by atoms with van der Waals surface area (Å²) in [5, 5.41) is 3.83. The first-order chi connectivity index (χ1) is 13.5. The van der Waals surface area contributed by atoms with Gasteiger partial charge in [0, 0.05) is 0 Å². The van der Waals surface area contributed by atoms with Crippen LogP contribution in [0.25, 0.3) is 6.08 Å². The Hall–Kier alpha value is -2.44. The Labute approximate surface area is 173 Å². The highest BCUT2D eigenvalue weighted by molar-refractivity contribution is 8.18. The summed E-state index contributed by atoms with van der Waals surface area (Å²) in [7, 11) is 1.61. The fraction of sp³-hybridized carbons (Fsp3) is 0.238. The number of aliphatic imine (C=N–C) groups is 1. The van der Waals surface area contributed by atoms with E-state index < -0.39 is 0 Å². The third kappa shape index (κ3) is 5.09. The summed E-state index contributed by atoms with van der Waals surface area (Å²) in [5.74, 6) is 1.21. The number of amidine groups is 1. The molecule has 1 N–H and O–H groups in total. The van der Waals surface area contributed by atoms with Gasteiger partial charge in [0.1, 0.15) is 11.5 Å². The van der Waals surface area contributed by atoms with Gasteiger partial charge in [-0.25, -0.2) is 4.99 Å². The van der Waals surface area contributed by atoms with Gasteiger partial charge in [-0.15, -0.1) is 0 Å². The maximum atomic E-state index is 12.3. The minimum Gasteiger partial charge on any atom is -0.497 e. The first kappa shape index (κ1) is 20.3. The smallest absolute Gasteiger partial charge is 0.264 e. The molecule has 2 aromatic carbocycles. The van der Waals surface area contributed by atoms with Crippen LogP contribution in [0.4, 0.5) is 5.69 Å². The molecule has 146 valence electrons. The Morgan fingerprint density at radius 3 is 2.64 bits per heavy atom. The molecule has 1 amide bonds. The zero-order valence-electron chi connectivity index (χ0n) is 15.9. The van der Waals surface area contributed by atoms with Gasteiger partial charge in [-0.1, -0.05) is 24.6 Å². The van der Waals surface area contributed by atoms with Gasteiger partial charge >= 0.3 is 0 Å². The molecule has 1 atom stereocenters. The van der Waals surface area contributed by atoms with E-state index in [1.807, 2.05) is 43.3 Å². The average molecular weight is 417 g/mol. The predicted octanol–water partition coefficient (Wildman–Crippen LogP) is 5.42. The second kappa shape index (κ2) is 9.17. The van der Waals surface area contributed by atoms with Crippen LogP contribution in [0, 0.1) is 0 Å². The second-order valence-corrected chi connectivity index (χ2v) is 7.64. The summed E-state index contributed by atoms with van der Waals surface area (Å²) in [5.41, 5.74) is 1.56. The van der Waals surface area contributed by atoms with Gasteiger partial charge < -0.3 is 14.8 Å². The number of carbonyl (C=O) groups excluding carboxylic acids is 1. The van der Waals surface area contributed by atoms with Crippen molar-refractivity contribution < 1.29 is 14.3 Å². The molecule has 0 saturated carbocycles. The van der Waals surface area contributed by atoms with Gasteiger partial charge in [-0.05, 0) is 73.1 Å². The molecule has 7 heteroatoms. The topological polar surface area (TPSA) is 59.9 Å². The molecular formula is C21H21ClN2O3S. The van der Waals surface area contributed by atoms with E-state index in [9.17, 15) is 4.79 Å². The van der Waals surface area contributed by atoms with E-state index in [1.54, 1.807) is 19.3 Å². The number of nitrogens with one attached hydrogen (secondary N) is 1. The van der Waals surface area contributed by atoms with E-state index in [1.165, 1.54) is 11.8 Å². The van der Waals surface area contributed by atoms with E-state index in [4.69, 9.17) is 21.1 Å². The zero-order chi connectivity index (χ0) is 20.1. The molecular weight excluding hydrogens is 396 g/mol. The number of thioether (sulfide) groups is 1. The summed E-state index contributed by atoms with van der Waals surface area (Å²) in [6.45, 7) is 4.05. The standard InChI is InChI=1S/C21H21ClN2O3S/c1-4-13(2)27-18-10-5-14(11-17(18)22)12-19-20(25)24-21(28-19)23-15-6-8-16(26-3)9-7-15/h5-13H,4H2,1-3H3,(H,23,24,25)/b19-12+/t13-/m1/s1. The average Bonchev–Trinajstić information content (AvgIpc) is 3.03. The Morgan fingerprint density at radius 1 is 1.25 bits per heavy atom. The van der Waals surface area contributed by atoms with Gasteiger partial charge in [-0.2, -0.15) is 0 Å². The first-order valence-corrected chi connectivity index (χ1v) is 10.1. The summed E-state index contributed by atoms with van der Waals surface area (Å²) >= 11 is 7.61. The molecule has 0 bridgehead atoms. The van der Waals surface area contributed by atoms with Gasteiger partial charge in [0.2, 0.25) is 0 Å². The van der Waals surface area contributed by atoms with E-state index in [2.05, 4.69) is 17.2 Å². The molecule has 0 unspecified atom stereocenters. The number of methoxy groups -OCH3 is 1. The number of carbonyl (C=O) groups is 1. The molecule has 0 aromatic heterocycles. The number of hydrogen-bond donors (Lipinski definition) is 1. The molecule has 5 nitrogen and oxygen atoms in total. The monoisotopic (exact) mass is 416 g/mol. The molecule has 0 radical (unpaired) electrons. The van der Waals surface area contributed by atoms with Crippen LogP contribution in [0.1, 0.15) is 25.8 Å². The molecule has 0 spiro atoms. The lowest BCUT2D eigenvalue weighted by atomic mass is 10.2. The van der Waals surface area contributed by atoms with Gasteiger partial charge in [0.05, 0.1) is 28.8 Å². The predicted molar refractivity (Wildman–Crippen MR) is 116 cm³/mol.